The third-order valence-electron chi connectivity index (χ3n) is 3.57. The fraction of sp³-hybridized carbons (Fsp3) is 0.938. The summed E-state index contributed by atoms with van der Waals surface area (Å²) in [5, 5.41) is 0. The van der Waals surface area contributed by atoms with Gasteiger partial charge in [-0.15, -0.1) is 0 Å². The molecule has 0 amide bonds. The zero-order valence-corrected chi connectivity index (χ0v) is 12.0. The molecule has 1 nitrogen and oxygen atoms in total. The number of carbonyl (C=O) groups excluding carboxylic acids is 1. The van der Waals surface area contributed by atoms with E-state index in [1.807, 2.05) is 0 Å². The smallest absolute Gasteiger partial charge is 0.119 e. The number of hydrogen-bond donors (Lipinski definition) is 0. The van der Waals surface area contributed by atoms with E-state index < -0.39 is 0 Å². The second-order valence-corrected chi connectivity index (χ2v) is 5.47. The molecule has 0 bridgehead atoms. The van der Waals surface area contributed by atoms with Gasteiger partial charge in [-0.25, -0.2) is 0 Å². The van der Waals surface area contributed by atoms with Crippen LogP contribution >= 0.6 is 0 Å². The largest absolute Gasteiger partial charge is 0.303 e. The lowest BCUT2D eigenvalue weighted by molar-refractivity contribution is -0.107. The normalized spacial score (nSPS) is 12.6. The molecule has 1 atom stereocenters. The van der Waals surface area contributed by atoms with E-state index in [1.165, 1.54) is 64.2 Å². The van der Waals surface area contributed by atoms with Crippen LogP contribution in [-0.2, 0) is 4.79 Å². The molecule has 0 aliphatic heterocycles. The molecule has 17 heavy (non-hydrogen) atoms. The summed E-state index contributed by atoms with van der Waals surface area (Å²) in [5.74, 6) is 0.886. The van der Waals surface area contributed by atoms with Crippen molar-refractivity contribution in [2.24, 2.45) is 5.92 Å². The fourth-order valence-electron chi connectivity index (χ4n) is 2.31. The molecule has 102 valence electrons. The molecule has 1 heteroatoms. The lowest BCUT2D eigenvalue weighted by atomic mass is 9.96. The highest BCUT2D eigenvalue weighted by molar-refractivity contribution is 5.48. The summed E-state index contributed by atoms with van der Waals surface area (Å²) in [6.45, 7) is 4.65. The molecular formula is C16H32O. The van der Waals surface area contributed by atoms with Gasteiger partial charge in [-0.05, 0) is 12.3 Å². The summed E-state index contributed by atoms with van der Waals surface area (Å²) >= 11 is 0. The van der Waals surface area contributed by atoms with Crippen molar-refractivity contribution in [3.63, 3.8) is 0 Å². The van der Waals surface area contributed by atoms with Gasteiger partial charge in [-0.2, -0.15) is 0 Å². The van der Waals surface area contributed by atoms with Crippen LogP contribution in [-0.4, -0.2) is 6.29 Å². The van der Waals surface area contributed by atoms with Crippen LogP contribution < -0.4 is 0 Å². The van der Waals surface area contributed by atoms with Gasteiger partial charge in [0.1, 0.15) is 6.29 Å². The first-order valence-corrected chi connectivity index (χ1v) is 7.74. The van der Waals surface area contributed by atoms with Gasteiger partial charge in [0.05, 0.1) is 0 Å². The number of unbranched alkanes of at least 4 members (excludes halogenated alkanes) is 8. The Labute approximate surface area is 108 Å². The van der Waals surface area contributed by atoms with Crippen LogP contribution in [0, 0.1) is 5.92 Å². The van der Waals surface area contributed by atoms with Crippen molar-refractivity contribution in [1.29, 1.82) is 0 Å². The molecular weight excluding hydrogens is 208 g/mol. The Bertz CT molecular complexity index is 154. The van der Waals surface area contributed by atoms with Crippen LogP contribution in [0.2, 0.25) is 0 Å². The van der Waals surface area contributed by atoms with Crippen molar-refractivity contribution >= 4 is 6.29 Å². The molecule has 0 aromatic heterocycles. The van der Waals surface area contributed by atoms with Gasteiger partial charge < -0.3 is 4.79 Å². The number of rotatable bonds is 13. The second kappa shape index (κ2) is 13.7. The Hall–Kier alpha value is -0.330. The fourth-order valence-corrected chi connectivity index (χ4v) is 2.31. The molecule has 0 N–H and O–H groups in total. The standard InChI is InChI=1S/C16H32O/c1-3-4-5-6-7-10-13-16(2)14-11-8-9-12-15-17/h15-16H,3-14H2,1-2H3. The molecule has 0 saturated heterocycles. The summed E-state index contributed by atoms with van der Waals surface area (Å²) in [6, 6.07) is 0. The monoisotopic (exact) mass is 240 g/mol. The second-order valence-electron chi connectivity index (χ2n) is 5.47. The molecule has 0 rings (SSSR count). The van der Waals surface area contributed by atoms with Crippen LogP contribution in [0.5, 0.6) is 0 Å². The van der Waals surface area contributed by atoms with E-state index in [4.69, 9.17) is 0 Å². The highest BCUT2D eigenvalue weighted by Gasteiger charge is 2.01. The first kappa shape index (κ1) is 16.7. The van der Waals surface area contributed by atoms with Gasteiger partial charge in [0, 0.05) is 6.42 Å². The number of carbonyl (C=O) groups is 1. The molecule has 0 heterocycles. The average Bonchev–Trinajstić information content (AvgIpc) is 2.33. The third kappa shape index (κ3) is 13.6. The Morgan fingerprint density at radius 2 is 1.35 bits per heavy atom. The Morgan fingerprint density at radius 1 is 0.824 bits per heavy atom. The molecule has 0 aliphatic rings. The Morgan fingerprint density at radius 3 is 1.94 bits per heavy atom. The Kier molecular flexibility index (Phi) is 13.5. The highest BCUT2D eigenvalue weighted by Crippen LogP contribution is 2.17. The van der Waals surface area contributed by atoms with Crippen LogP contribution in [0.1, 0.15) is 90.9 Å². The van der Waals surface area contributed by atoms with Gasteiger partial charge in [-0.3, -0.25) is 0 Å². The molecule has 0 spiro atoms. The van der Waals surface area contributed by atoms with Crippen molar-refractivity contribution in [2.75, 3.05) is 0 Å². The molecule has 0 aromatic carbocycles. The first-order chi connectivity index (χ1) is 8.31. The maximum absolute atomic E-state index is 10.2. The topological polar surface area (TPSA) is 17.1 Å². The van der Waals surface area contributed by atoms with Gasteiger partial charge in [0.15, 0.2) is 0 Å². The van der Waals surface area contributed by atoms with Crippen molar-refractivity contribution in [1.82, 2.24) is 0 Å². The van der Waals surface area contributed by atoms with E-state index in [9.17, 15) is 4.79 Å². The summed E-state index contributed by atoms with van der Waals surface area (Å²) in [4.78, 5) is 10.2. The average molecular weight is 240 g/mol. The van der Waals surface area contributed by atoms with Crippen LogP contribution in [0.4, 0.5) is 0 Å². The van der Waals surface area contributed by atoms with Crippen molar-refractivity contribution in [2.45, 2.75) is 90.9 Å². The van der Waals surface area contributed by atoms with Gasteiger partial charge in [0.2, 0.25) is 0 Å². The molecule has 0 saturated carbocycles. The van der Waals surface area contributed by atoms with E-state index in [-0.39, 0.29) is 0 Å². The summed E-state index contributed by atoms with van der Waals surface area (Å²) in [5.41, 5.74) is 0. The quantitative estimate of drug-likeness (QED) is 0.306. The Balaban J connectivity index is 3.11. The lowest BCUT2D eigenvalue weighted by Gasteiger charge is -2.10. The predicted octanol–water partition coefficient (Wildman–Crippen LogP) is 5.52. The van der Waals surface area contributed by atoms with Gasteiger partial charge in [-0.1, -0.05) is 78.1 Å². The molecule has 0 aliphatic carbocycles. The van der Waals surface area contributed by atoms with Gasteiger partial charge >= 0.3 is 0 Å². The van der Waals surface area contributed by atoms with Gasteiger partial charge in [0.25, 0.3) is 0 Å². The predicted molar refractivity (Wildman–Crippen MR) is 76.3 cm³/mol. The van der Waals surface area contributed by atoms with Crippen LogP contribution in [0.15, 0.2) is 0 Å². The maximum atomic E-state index is 10.2. The molecule has 1 unspecified atom stereocenters. The minimum Gasteiger partial charge on any atom is -0.303 e. The van der Waals surface area contributed by atoms with Crippen molar-refractivity contribution in [3.05, 3.63) is 0 Å². The van der Waals surface area contributed by atoms with Crippen molar-refractivity contribution in [3.8, 4) is 0 Å². The third-order valence-corrected chi connectivity index (χ3v) is 3.57. The summed E-state index contributed by atoms with van der Waals surface area (Å²) in [7, 11) is 0. The highest BCUT2D eigenvalue weighted by atomic mass is 16.1. The zero-order chi connectivity index (χ0) is 12.8. The molecule has 0 fully saturated rings. The number of hydrogen-bond acceptors (Lipinski definition) is 1. The van der Waals surface area contributed by atoms with E-state index >= 15 is 0 Å². The van der Waals surface area contributed by atoms with Crippen LogP contribution in [0.25, 0.3) is 0 Å². The minimum atomic E-state index is 0.756. The van der Waals surface area contributed by atoms with E-state index in [0.717, 1.165) is 25.0 Å². The van der Waals surface area contributed by atoms with Crippen LogP contribution in [0.3, 0.4) is 0 Å². The number of aldehydes is 1. The summed E-state index contributed by atoms with van der Waals surface area (Å²) in [6.07, 6.45) is 16.6. The van der Waals surface area contributed by atoms with E-state index in [0.29, 0.717) is 0 Å². The first-order valence-electron chi connectivity index (χ1n) is 7.74. The molecule has 0 aromatic rings. The van der Waals surface area contributed by atoms with E-state index in [1.54, 1.807) is 0 Å². The summed E-state index contributed by atoms with van der Waals surface area (Å²) < 4.78 is 0. The van der Waals surface area contributed by atoms with E-state index in [2.05, 4.69) is 13.8 Å². The lowest BCUT2D eigenvalue weighted by Crippen LogP contribution is -1.95. The zero-order valence-electron chi connectivity index (χ0n) is 12.0. The minimum absolute atomic E-state index is 0.756. The SMILES string of the molecule is CCCCCCCCC(C)CCCCCC=O. The molecule has 0 radical (unpaired) electrons. The van der Waals surface area contributed by atoms with Crippen molar-refractivity contribution < 1.29 is 4.79 Å². The maximum Gasteiger partial charge on any atom is 0.119 e.